The fourth-order valence-corrected chi connectivity index (χ4v) is 1.07. The van der Waals surface area contributed by atoms with Crippen LogP contribution in [0.2, 0.25) is 0 Å². The Balaban J connectivity index is 2.89. The second-order valence-corrected chi connectivity index (χ2v) is 2.58. The molecule has 0 saturated heterocycles. The average molecular weight is 171 g/mol. The van der Waals surface area contributed by atoms with Crippen LogP contribution in [-0.2, 0) is 25.0 Å². The van der Waals surface area contributed by atoms with Gasteiger partial charge in [-0.2, -0.15) is 0 Å². The number of aliphatic hydroxyl groups is 1. The minimum absolute atomic E-state index is 0.0681. The zero-order valence-electron chi connectivity index (χ0n) is 6.77. The molecule has 0 aliphatic rings. The van der Waals surface area contributed by atoms with Crippen molar-refractivity contribution in [3.05, 3.63) is 18.2 Å². The third kappa shape index (κ3) is 1.82. The Labute approximate surface area is 69.5 Å². The van der Waals surface area contributed by atoms with Crippen LogP contribution >= 0.6 is 0 Å². The predicted molar refractivity (Wildman–Crippen MR) is 39.2 cm³/mol. The minimum Gasteiger partial charge on any atom is -0.481 e. The summed E-state index contributed by atoms with van der Waals surface area (Å²) in [6.07, 6.45) is 3.24. The highest BCUT2D eigenvalue weighted by Crippen LogP contribution is 1.97. The van der Waals surface area contributed by atoms with Crippen molar-refractivity contribution < 1.29 is 19.6 Å². The molecule has 0 radical (unpaired) electrons. The molecule has 2 N–H and O–H groups in total. The number of aromatic nitrogens is 2. The molecule has 0 atom stereocenters. The molecule has 5 nitrogen and oxygen atoms in total. The fraction of sp³-hybridized carbons (Fsp3) is 0.429. The normalized spacial score (nSPS) is 10.2. The molecule has 12 heavy (non-hydrogen) atoms. The first-order valence-corrected chi connectivity index (χ1v) is 3.50. The number of hydrogen-bond donors (Lipinski definition) is 2. The fourth-order valence-electron chi connectivity index (χ4n) is 1.07. The predicted octanol–water partition coefficient (Wildman–Crippen LogP) is -1.11. The number of nitrogens with zero attached hydrogens (tertiary/aromatic N) is 2. The molecule has 1 rings (SSSR count). The number of aryl methyl sites for hydroxylation is 1. The summed E-state index contributed by atoms with van der Waals surface area (Å²) in [4.78, 5) is 10.3. The zero-order chi connectivity index (χ0) is 9.14. The smallest absolute Gasteiger partial charge is 0.311 e. The topological polar surface area (TPSA) is 66.3 Å². The molecule has 0 spiro atoms. The summed E-state index contributed by atoms with van der Waals surface area (Å²) in [5, 5.41) is 17.3. The van der Waals surface area contributed by atoms with E-state index in [1.165, 1.54) is 4.57 Å². The van der Waals surface area contributed by atoms with Crippen molar-refractivity contribution in [2.45, 2.75) is 13.2 Å². The van der Waals surface area contributed by atoms with Crippen molar-refractivity contribution in [3.8, 4) is 0 Å². The van der Waals surface area contributed by atoms with Crippen LogP contribution in [-0.4, -0.2) is 20.7 Å². The number of carbonyl (C=O) groups is 1. The maximum Gasteiger partial charge on any atom is 0.311 e. The van der Waals surface area contributed by atoms with Gasteiger partial charge in [-0.1, -0.05) is 0 Å². The van der Waals surface area contributed by atoms with E-state index in [4.69, 9.17) is 10.2 Å². The van der Waals surface area contributed by atoms with E-state index in [2.05, 4.69) is 0 Å². The van der Waals surface area contributed by atoms with Crippen molar-refractivity contribution in [1.82, 2.24) is 4.57 Å². The summed E-state index contributed by atoms with van der Waals surface area (Å²) in [5.74, 6) is -0.900. The van der Waals surface area contributed by atoms with Crippen LogP contribution in [0, 0.1) is 0 Å². The molecule has 5 heteroatoms. The van der Waals surface area contributed by atoms with Crippen LogP contribution in [0.5, 0.6) is 0 Å². The summed E-state index contributed by atoms with van der Waals surface area (Å²) >= 11 is 0. The third-order valence-corrected chi connectivity index (χ3v) is 1.53. The van der Waals surface area contributed by atoms with E-state index in [1.807, 2.05) is 0 Å². The van der Waals surface area contributed by atoms with Gasteiger partial charge >= 0.3 is 5.97 Å². The summed E-state index contributed by atoms with van der Waals surface area (Å²) in [5.41, 5.74) is 0.590. The number of aliphatic carboxylic acids is 1. The van der Waals surface area contributed by atoms with Gasteiger partial charge in [0, 0.05) is 0 Å². The Hall–Kier alpha value is -1.36. The number of hydrogen-bond acceptors (Lipinski definition) is 2. The van der Waals surface area contributed by atoms with Crippen LogP contribution in [0.4, 0.5) is 0 Å². The Bertz CT molecular complexity index is 293. The van der Waals surface area contributed by atoms with Crippen LogP contribution in [0.15, 0.2) is 12.5 Å². The molecule has 0 amide bonds. The van der Waals surface area contributed by atoms with Gasteiger partial charge in [0.05, 0.1) is 7.05 Å². The lowest BCUT2D eigenvalue weighted by Gasteiger charge is -1.92. The number of imidazole rings is 1. The molecule has 0 aromatic carbocycles. The molecule has 0 unspecified atom stereocenters. The van der Waals surface area contributed by atoms with Crippen LogP contribution in [0.25, 0.3) is 0 Å². The molecule has 1 aromatic rings. The average Bonchev–Trinajstić information content (AvgIpc) is 2.29. The first kappa shape index (κ1) is 8.73. The summed E-state index contributed by atoms with van der Waals surface area (Å²) in [6, 6.07) is 0. The second-order valence-electron chi connectivity index (χ2n) is 2.58. The lowest BCUT2D eigenvalue weighted by Crippen LogP contribution is -2.23. The molecule has 1 aromatic heterocycles. The minimum atomic E-state index is -0.900. The van der Waals surface area contributed by atoms with Gasteiger partial charge in [-0.15, -0.1) is 0 Å². The van der Waals surface area contributed by atoms with Gasteiger partial charge < -0.3 is 10.2 Å². The highest BCUT2D eigenvalue weighted by atomic mass is 16.4. The van der Waals surface area contributed by atoms with E-state index in [9.17, 15) is 4.79 Å². The first-order valence-electron chi connectivity index (χ1n) is 3.50. The highest BCUT2D eigenvalue weighted by Gasteiger charge is 2.13. The maximum absolute atomic E-state index is 10.3. The molecule has 66 valence electrons. The van der Waals surface area contributed by atoms with E-state index in [1.54, 1.807) is 24.1 Å². The molecule has 0 saturated carbocycles. The summed E-state index contributed by atoms with van der Waals surface area (Å²) < 4.78 is 3.18. The van der Waals surface area contributed by atoms with Crippen molar-refractivity contribution >= 4 is 5.97 Å². The van der Waals surface area contributed by atoms with Gasteiger partial charge in [0.1, 0.15) is 12.6 Å². The molecular weight excluding hydrogens is 160 g/mol. The zero-order valence-corrected chi connectivity index (χ0v) is 6.77. The Morgan fingerprint density at radius 1 is 1.75 bits per heavy atom. The summed E-state index contributed by atoms with van der Waals surface area (Å²) in [6.45, 7) is -0.191. The number of carboxylic acid groups (broad SMARTS) is 1. The second kappa shape index (κ2) is 3.36. The molecule has 0 aliphatic heterocycles. The van der Waals surface area contributed by atoms with Gasteiger partial charge in [0.15, 0.2) is 12.4 Å². The van der Waals surface area contributed by atoms with Crippen molar-refractivity contribution in [1.29, 1.82) is 0 Å². The molecular formula is C7H11N2O3+. The SMILES string of the molecule is C[n+]1cc(CC(=O)O)n(CO)c1. The lowest BCUT2D eigenvalue weighted by atomic mass is 10.3. The van der Waals surface area contributed by atoms with Gasteiger partial charge in [-0.05, 0) is 0 Å². The number of carboxylic acids is 1. The van der Waals surface area contributed by atoms with E-state index < -0.39 is 5.97 Å². The Kier molecular flexibility index (Phi) is 2.44. The van der Waals surface area contributed by atoms with Crippen LogP contribution < -0.4 is 4.57 Å². The van der Waals surface area contributed by atoms with Gasteiger partial charge in [0.25, 0.3) is 0 Å². The largest absolute Gasteiger partial charge is 0.481 e. The van der Waals surface area contributed by atoms with Gasteiger partial charge in [-0.25, -0.2) is 9.13 Å². The standard InChI is InChI=1S/C7H10N2O3/c1-8-3-6(2-7(11)12)9(4-8)5-10/h3-4,10H,2,5H2,1H3/p+1. The maximum atomic E-state index is 10.3. The Morgan fingerprint density at radius 2 is 2.42 bits per heavy atom. The van der Waals surface area contributed by atoms with Crippen molar-refractivity contribution in [2.24, 2.45) is 7.05 Å². The van der Waals surface area contributed by atoms with Gasteiger partial charge in [-0.3, -0.25) is 4.79 Å². The molecule has 1 heterocycles. The van der Waals surface area contributed by atoms with E-state index in [0.717, 1.165) is 0 Å². The molecule has 0 aliphatic carbocycles. The highest BCUT2D eigenvalue weighted by molar-refractivity contribution is 5.69. The van der Waals surface area contributed by atoms with Crippen molar-refractivity contribution in [2.75, 3.05) is 0 Å². The van der Waals surface area contributed by atoms with Crippen LogP contribution in [0.1, 0.15) is 5.69 Å². The van der Waals surface area contributed by atoms with Gasteiger partial charge in [0.2, 0.25) is 6.33 Å². The number of aliphatic hydroxyl groups excluding tert-OH is 1. The Morgan fingerprint density at radius 3 is 2.92 bits per heavy atom. The van der Waals surface area contributed by atoms with E-state index >= 15 is 0 Å². The lowest BCUT2D eigenvalue weighted by molar-refractivity contribution is -0.671. The van der Waals surface area contributed by atoms with Crippen molar-refractivity contribution in [3.63, 3.8) is 0 Å². The number of rotatable bonds is 3. The monoisotopic (exact) mass is 171 g/mol. The molecule has 0 bridgehead atoms. The quantitative estimate of drug-likeness (QED) is 0.567. The summed E-state index contributed by atoms with van der Waals surface area (Å²) in [7, 11) is 1.78. The first-order chi connectivity index (χ1) is 5.63. The molecule has 0 fully saturated rings. The van der Waals surface area contributed by atoms with E-state index in [-0.39, 0.29) is 13.2 Å². The van der Waals surface area contributed by atoms with E-state index in [0.29, 0.717) is 5.69 Å². The third-order valence-electron chi connectivity index (χ3n) is 1.53. The van der Waals surface area contributed by atoms with Crippen LogP contribution in [0.3, 0.4) is 0 Å².